The van der Waals surface area contributed by atoms with Gasteiger partial charge in [-0.25, -0.2) is 0 Å². The van der Waals surface area contributed by atoms with Crippen molar-refractivity contribution >= 4 is 6.21 Å². The minimum absolute atomic E-state index is 0.638. The van der Waals surface area contributed by atoms with Gasteiger partial charge in [0, 0.05) is 32.6 Å². The highest BCUT2D eigenvalue weighted by atomic mass is 15.1. The molecule has 0 fully saturated rings. The number of hydrogen-bond donors (Lipinski definition) is 0. The Morgan fingerprint density at radius 3 is 2.18 bits per heavy atom. The maximum Gasteiger partial charge on any atom is 0.0273 e. The SMILES string of the molecule is C#CCCCCCCN(C=C)/C=C\C.CC.CN=CC/C=C\C=C/C(C)C.Cc1ccccc1. The first-order valence-corrected chi connectivity index (χ1v) is 12.7. The molecule has 34 heavy (non-hydrogen) atoms. The lowest BCUT2D eigenvalue weighted by Gasteiger charge is -2.13. The van der Waals surface area contributed by atoms with Crippen LogP contribution in [0, 0.1) is 25.2 Å². The summed E-state index contributed by atoms with van der Waals surface area (Å²) in [6, 6.07) is 10.3. The van der Waals surface area contributed by atoms with Crippen LogP contribution < -0.4 is 0 Å². The molecule has 1 aromatic rings. The summed E-state index contributed by atoms with van der Waals surface area (Å²) in [5.41, 5.74) is 1.32. The van der Waals surface area contributed by atoms with Crippen molar-refractivity contribution in [3.05, 3.63) is 85.3 Å². The molecule has 0 saturated heterocycles. The average Bonchev–Trinajstić information content (AvgIpc) is 2.85. The van der Waals surface area contributed by atoms with Crippen LogP contribution in [0.4, 0.5) is 0 Å². The van der Waals surface area contributed by atoms with Gasteiger partial charge in [-0.15, -0.1) is 12.3 Å². The molecule has 2 nitrogen and oxygen atoms in total. The summed E-state index contributed by atoms with van der Waals surface area (Å²) in [5, 5.41) is 0. The van der Waals surface area contributed by atoms with Crippen molar-refractivity contribution in [1.82, 2.24) is 4.90 Å². The van der Waals surface area contributed by atoms with E-state index in [9.17, 15) is 0 Å². The number of unbranched alkanes of at least 4 members (excludes halogenated alkanes) is 4. The molecule has 0 unspecified atom stereocenters. The Labute approximate surface area is 213 Å². The monoisotopic (exact) mass is 464 g/mol. The third-order valence-electron chi connectivity index (χ3n) is 4.17. The van der Waals surface area contributed by atoms with Crippen LogP contribution in [0.3, 0.4) is 0 Å². The molecule has 0 spiro atoms. The number of hydrogen-bond acceptors (Lipinski definition) is 2. The highest BCUT2D eigenvalue weighted by molar-refractivity contribution is 5.59. The summed E-state index contributed by atoms with van der Waals surface area (Å²) in [4.78, 5) is 5.98. The van der Waals surface area contributed by atoms with E-state index in [0.29, 0.717) is 5.92 Å². The van der Waals surface area contributed by atoms with Gasteiger partial charge in [-0.2, -0.15) is 0 Å². The molecule has 0 heterocycles. The number of aliphatic imine (C=N–C) groups is 1. The predicted molar refractivity (Wildman–Crippen MR) is 158 cm³/mol. The molecule has 0 aliphatic heterocycles. The molecule has 0 aromatic heterocycles. The summed E-state index contributed by atoms with van der Waals surface area (Å²) >= 11 is 0. The first kappa shape index (κ1) is 35.8. The van der Waals surface area contributed by atoms with Crippen molar-refractivity contribution in [2.24, 2.45) is 10.9 Å². The van der Waals surface area contributed by atoms with E-state index in [2.05, 4.69) is 85.8 Å². The van der Waals surface area contributed by atoms with E-state index in [-0.39, 0.29) is 0 Å². The Balaban J connectivity index is -0.000000426. The molecule has 1 rings (SSSR count). The fourth-order valence-electron chi connectivity index (χ4n) is 2.44. The van der Waals surface area contributed by atoms with Crippen molar-refractivity contribution in [3.8, 4) is 12.3 Å². The molecule has 0 atom stereocenters. The molecule has 0 bridgehead atoms. The zero-order valence-electron chi connectivity index (χ0n) is 23.2. The number of terminal acetylenes is 1. The molecule has 1 aromatic carbocycles. The van der Waals surface area contributed by atoms with Gasteiger partial charge in [0.15, 0.2) is 0 Å². The van der Waals surface area contributed by atoms with E-state index in [1.807, 2.05) is 57.5 Å². The maximum atomic E-state index is 5.17. The van der Waals surface area contributed by atoms with Crippen LogP contribution in [0.15, 0.2) is 84.7 Å². The highest BCUT2D eigenvalue weighted by Gasteiger charge is 1.93. The lowest BCUT2D eigenvalue weighted by molar-refractivity contribution is 0.470. The second-order valence-electron chi connectivity index (χ2n) is 7.66. The van der Waals surface area contributed by atoms with Crippen LogP contribution in [-0.2, 0) is 0 Å². The first-order chi connectivity index (χ1) is 16.5. The summed E-state index contributed by atoms with van der Waals surface area (Å²) in [6.07, 6.45) is 28.1. The number of allylic oxidation sites excluding steroid dienone is 5. The molecule has 0 aliphatic rings. The zero-order valence-corrected chi connectivity index (χ0v) is 23.2. The van der Waals surface area contributed by atoms with E-state index in [1.54, 1.807) is 7.05 Å². The van der Waals surface area contributed by atoms with E-state index in [0.717, 1.165) is 25.8 Å². The quantitative estimate of drug-likeness (QED) is 0.130. The zero-order chi connectivity index (χ0) is 26.3. The Morgan fingerprint density at radius 2 is 1.71 bits per heavy atom. The van der Waals surface area contributed by atoms with Gasteiger partial charge in [0.2, 0.25) is 0 Å². The fraction of sp³-hybridized carbons (Fsp3) is 0.469. The normalized spacial score (nSPS) is 10.3. The third-order valence-corrected chi connectivity index (χ3v) is 4.17. The van der Waals surface area contributed by atoms with Crippen molar-refractivity contribution < 1.29 is 0 Å². The van der Waals surface area contributed by atoms with Crippen LogP contribution in [0.25, 0.3) is 0 Å². The van der Waals surface area contributed by atoms with Crippen LogP contribution in [0.1, 0.15) is 78.7 Å². The van der Waals surface area contributed by atoms with E-state index < -0.39 is 0 Å². The van der Waals surface area contributed by atoms with Crippen molar-refractivity contribution in [2.75, 3.05) is 13.6 Å². The number of nitrogens with zero attached hydrogens (tertiary/aromatic N) is 2. The minimum atomic E-state index is 0.638. The molecule has 190 valence electrons. The van der Waals surface area contributed by atoms with Gasteiger partial charge in [-0.05, 0) is 45.0 Å². The Bertz CT molecular complexity index is 673. The first-order valence-electron chi connectivity index (χ1n) is 12.7. The molecule has 0 radical (unpaired) electrons. The summed E-state index contributed by atoms with van der Waals surface area (Å²) in [5.74, 6) is 3.30. The molecular weight excluding hydrogens is 412 g/mol. The predicted octanol–water partition coefficient (Wildman–Crippen LogP) is 9.42. The van der Waals surface area contributed by atoms with Gasteiger partial charge < -0.3 is 9.89 Å². The summed E-state index contributed by atoms with van der Waals surface area (Å²) in [6.45, 7) is 17.2. The highest BCUT2D eigenvalue weighted by Crippen LogP contribution is 2.04. The van der Waals surface area contributed by atoms with Gasteiger partial charge in [0.05, 0.1) is 0 Å². The Hall–Kier alpha value is -2.79. The Morgan fingerprint density at radius 1 is 1.06 bits per heavy atom. The standard InChI is InChI=1S/C13H21N.C10H17N.C7H8.C2H6/c1-4-7-8-9-10-11-13-14(6-3)12-5-2;1-10(2)8-6-4-5-7-9-11-3;1-7-5-3-2-4-6-7;1-2/h1,5-6,12H,3,7-11,13H2,2H3;4-6,8-10H,7H2,1-3H3;2-6H,1H3;1-2H3/b12-5-;5-4-,8-6-,11-9?;;. The van der Waals surface area contributed by atoms with Crippen LogP contribution in [0.5, 0.6) is 0 Å². The molecule has 2 heteroatoms. The fourth-order valence-corrected chi connectivity index (χ4v) is 2.44. The van der Waals surface area contributed by atoms with E-state index in [1.165, 1.54) is 24.8 Å². The van der Waals surface area contributed by atoms with E-state index >= 15 is 0 Å². The van der Waals surface area contributed by atoms with Crippen LogP contribution >= 0.6 is 0 Å². The number of rotatable bonds is 12. The largest absolute Gasteiger partial charge is 0.355 e. The topological polar surface area (TPSA) is 15.6 Å². The van der Waals surface area contributed by atoms with Gasteiger partial charge in [0.25, 0.3) is 0 Å². The molecule has 0 saturated carbocycles. The summed E-state index contributed by atoms with van der Waals surface area (Å²) < 4.78 is 0. The lowest BCUT2D eigenvalue weighted by Crippen LogP contribution is -2.10. The van der Waals surface area contributed by atoms with Gasteiger partial charge in [-0.3, -0.25) is 0 Å². The van der Waals surface area contributed by atoms with Crippen LogP contribution in [0.2, 0.25) is 0 Å². The number of benzene rings is 1. The molecule has 0 amide bonds. The second kappa shape index (κ2) is 32.4. The van der Waals surface area contributed by atoms with Crippen molar-refractivity contribution in [2.45, 2.75) is 80.1 Å². The second-order valence-corrected chi connectivity index (χ2v) is 7.66. The maximum absolute atomic E-state index is 5.17. The Kier molecular flexibility index (Phi) is 34.1. The molecule has 0 N–H and O–H groups in total. The van der Waals surface area contributed by atoms with E-state index in [4.69, 9.17) is 6.42 Å². The van der Waals surface area contributed by atoms with Gasteiger partial charge in [-0.1, -0.05) is 113 Å². The molecule has 0 aliphatic carbocycles. The molecular formula is C32H52N2. The minimum Gasteiger partial charge on any atom is -0.355 e. The van der Waals surface area contributed by atoms with Crippen molar-refractivity contribution in [3.63, 3.8) is 0 Å². The number of aryl methyl sites for hydroxylation is 1. The smallest absolute Gasteiger partial charge is 0.0273 e. The van der Waals surface area contributed by atoms with Gasteiger partial charge >= 0.3 is 0 Å². The van der Waals surface area contributed by atoms with Crippen molar-refractivity contribution in [1.29, 1.82) is 0 Å². The third kappa shape index (κ3) is 33.8. The lowest BCUT2D eigenvalue weighted by atomic mass is 10.1. The van der Waals surface area contributed by atoms with Crippen LogP contribution in [-0.4, -0.2) is 24.7 Å². The van der Waals surface area contributed by atoms with Gasteiger partial charge in [0.1, 0.15) is 0 Å². The average molecular weight is 465 g/mol. The summed E-state index contributed by atoms with van der Waals surface area (Å²) in [7, 11) is 1.79.